The number of anilines is 1. The van der Waals surface area contributed by atoms with E-state index in [1.54, 1.807) is 18.2 Å². The zero-order valence-corrected chi connectivity index (χ0v) is 13.2. The molecular formula is C14H21BrN2O2. The van der Waals surface area contributed by atoms with Crippen LogP contribution in [0, 0.1) is 5.92 Å². The van der Waals surface area contributed by atoms with Crippen LogP contribution in [0.25, 0.3) is 0 Å². The maximum atomic E-state index is 12.2. The summed E-state index contributed by atoms with van der Waals surface area (Å²) in [5.74, 6) is 0.160. The zero-order valence-electron chi connectivity index (χ0n) is 11.6. The number of nitrogens with two attached hydrogens (primary N) is 1. The average Bonchev–Trinajstić information content (AvgIpc) is 2.37. The van der Waals surface area contributed by atoms with Crippen molar-refractivity contribution in [3.8, 4) is 0 Å². The maximum absolute atomic E-state index is 12.2. The summed E-state index contributed by atoms with van der Waals surface area (Å²) in [7, 11) is 0. The lowest BCUT2D eigenvalue weighted by Gasteiger charge is -2.22. The van der Waals surface area contributed by atoms with Crippen molar-refractivity contribution in [2.75, 3.05) is 18.9 Å². The molecule has 4 nitrogen and oxygen atoms in total. The molecule has 106 valence electrons. The number of carbonyl (C=O) groups is 1. The first-order chi connectivity index (χ1) is 8.97. The molecule has 19 heavy (non-hydrogen) atoms. The quantitative estimate of drug-likeness (QED) is 0.789. The summed E-state index contributed by atoms with van der Waals surface area (Å²) in [5, 5.41) is 2.99. The normalized spacial score (nSPS) is 12.5. The smallest absolute Gasteiger partial charge is 0.252 e. The van der Waals surface area contributed by atoms with Crippen LogP contribution in [0.4, 0.5) is 5.69 Å². The van der Waals surface area contributed by atoms with Crippen molar-refractivity contribution in [2.24, 2.45) is 5.92 Å². The topological polar surface area (TPSA) is 64.3 Å². The number of nitrogens with one attached hydrogen (secondary N) is 1. The fourth-order valence-corrected chi connectivity index (χ4v) is 2.06. The molecule has 0 saturated heterocycles. The van der Waals surface area contributed by atoms with Gasteiger partial charge in [0.15, 0.2) is 0 Å². The Hall–Kier alpha value is -1.07. The van der Waals surface area contributed by atoms with Gasteiger partial charge in [-0.1, -0.05) is 19.9 Å². The Kier molecular flexibility index (Phi) is 6.31. The highest BCUT2D eigenvalue weighted by Crippen LogP contribution is 2.23. The van der Waals surface area contributed by atoms with Crippen molar-refractivity contribution in [3.05, 3.63) is 28.2 Å². The van der Waals surface area contributed by atoms with Crippen molar-refractivity contribution >= 4 is 27.5 Å². The number of amides is 1. The molecule has 0 aliphatic carbocycles. The van der Waals surface area contributed by atoms with E-state index in [1.165, 1.54) is 0 Å². The van der Waals surface area contributed by atoms with E-state index in [9.17, 15) is 4.79 Å². The molecule has 0 radical (unpaired) electrons. The summed E-state index contributed by atoms with van der Waals surface area (Å²) in [6, 6.07) is 5.25. The Morgan fingerprint density at radius 3 is 2.74 bits per heavy atom. The molecule has 0 spiro atoms. The van der Waals surface area contributed by atoms with Gasteiger partial charge < -0.3 is 15.8 Å². The molecule has 0 heterocycles. The number of ether oxygens (including phenoxy) is 1. The Labute approximate surface area is 122 Å². The first kappa shape index (κ1) is 16.0. The molecule has 1 atom stereocenters. The van der Waals surface area contributed by atoms with Gasteiger partial charge in [-0.05, 0) is 40.9 Å². The second kappa shape index (κ2) is 7.50. The summed E-state index contributed by atoms with van der Waals surface area (Å²) in [6.07, 6.45) is 0. The van der Waals surface area contributed by atoms with Gasteiger partial charge in [0, 0.05) is 12.3 Å². The van der Waals surface area contributed by atoms with Gasteiger partial charge in [-0.2, -0.15) is 0 Å². The molecule has 0 saturated carbocycles. The van der Waals surface area contributed by atoms with Gasteiger partial charge in [-0.3, -0.25) is 4.79 Å². The molecule has 1 amide bonds. The van der Waals surface area contributed by atoms with Crippen LogP contribution in [0.15, 0.2) is 22.7 Å². The zero-order chi connectivity index (χ0) is 14.4. The minimum atomic E-state index is -0.141. The van der Waals surface area contributed by atoms with E-state index in [1.807, 2.05) is 6.92 Å². The fraction of sp³-hybridized carbons (Fsp3) is 0.500. The van der Waals surface area contributed by atoms with Crippen LogP contribution in [0.2, 0.25) is 0 Å². The first-order valence-electron chi connectivity index (χ1n) is 6.40. The molecule has 3 N–H and O–H groups in total. The van der Waals surface area contributed by atoms with Gasteiger partial charge in [0.05, 0.1) is 22.7 Å². The van der Waals surface area contributed by atoms with Gasteiger partial charge in [0.25, 0.3) is 5.91 Å². The van der Waals surface area contributed by atoms with Gasteiger partial charge in [-0.25, -0.2) is 0 Å². The number of hydrogen-bond acceptors (Lipinski definition) is 3. The van der Waals surface area contributed by atoms with E-state index in [4.69, 9.17) is 10.5 Å². The van der Waals surface area contributed by atoms with E-state index in [2.05, 4.69) is 35.1 Å². The van der Waals surface area contributed by atoms with E-state index in [0.717, 1.165) is 0 Å². The third kappa shape index (κ3) is 4.51. The van der Waals surface area contributed by atoms with Crippen LogP contribution in [0.5, 0.6) is 0 Å². The first-order valence-corrected chi connectivity index (χ1v) is 7.19. The van der Waals surface area contributed by atoms with Crippen LogP contribution in [0.1, 0.15) is 31.1 Å². The Balaban J connectivity index is 2.79. The van der Waals surface area contributed by atoms with Crippen LogP contribution in [-0.2, 0) is 4.74 Å². The van der Waals surface area contributed by atoms with E-state index in [-0.39, 0.29) is 11.9 Å². The van der Waals surface area contributed by atoms with Crippen molar-refractivity contribution in [3.63, 3.8) is 0 Å². The van der Waals surface area contributed by atoms with Crippen LogP contribution in [-0.4, -0.2) is 25.2 Å². The second-order valence-corrected chi connectivity index (χ2v) is 5.49. The molecular weight excluding hydrogens is 308 g/mol. The lowest BCUT2D eigenvalue weighted by molar-refractivity contribution is 0.0805. The molecule has 0 aliphatic heterocycles. The predicted molar refractivity (Wildman–Crippen MR) is 81.1 cm³/mol. The molecule has 5 heteroatoms. The minimum absolute atomic E-state index is 0.0132. The fourth-order valence-electron chi connectivity index (χ4n) is 1.62. The largest absolute Gasteiger partial charge is 0.398 e. The van der Waals surface area contributed by atoms with Crippen molar-refractivity contribution < 1.29 is 9.53 Å². The second-order valence-electron chi connectivity index (χ2n) is 4.69. The number of nitrogen functional groups attached to an aromatic ring is 1. The predicted octanol–water partition coefficient (Wildman–Crippen LogP) is 2.82. The Morgan fingerprint density at radius 2 is 2.16 bits per heavy atom. The Morgan fingerprint density at radius 1 is 1.47 bits per heavy atom. The number of hydrogen-bond donors (Lipinski definition) is 2. The summed E-state index contributed by atoms with van der Waals surface area (Å²) in [5.41, 5.74) is 6.88. The summed E-state index contributed by atoms with van der Waals surface area (Å²) < 4.78 is 6.03. The standard InChI is InChI=1S/C14H21BrN2O2/c1-4-19-8-12(9(2)3)17-14(18)10-6-5-7-11(16)13(10)15/h5-7,9,12H,4,8,16H2,1-3H3,(H,17,18). The molecule has 0 aliphatic rings. The molecule has 1 aromatic carbocycles. The van der Waals surface area contributed by atoms with Gasteiger partial charge >= 0.3 is 0 Å². The molecule has 1 aromatic rings. The molecule has 0 bridgehead atoms. The SMILES string of the molecule is CCOCC(NC(=O)c1cccc(N)c1Br)C(C)C. The van der Waals surface area contributed by atoms with Gasteiger partial charge in [-0.15, -0.1) is 0 Å². The van der Waals surface area contributed by atoms with E-state index in [0.29, 0.717) is 34.9 Å². The van der Waals surface area contributed by atoms with E-state index >= 15 is 0 Å². The minimum Gasteiger partial charge on any atom is -0.398 e. The van der Waals surface area contributed by atoms with E-state index < -0.39 is 0 Å². The highest BCUT2D eigenvalue weighted by Gasteiger charge is 2.19. The van der Waals surface area contributed by atoms with Crippen molar-refractivity contribution in [1.29, 1.82) is 0 Å². The Bertz CT molecular complexity index is 435. The number of rotatable bonds is 6. The average molecular weight is 329 g/mol. The maximum Gasteiger partial charge on any atom is 0.252 e. The molecule has 1 unspecified atom stereocenters. The van der Waals surface area contributed by atoms with Crippen molar-refractivity contribution in [2.45, 2.75) is 26.8 Å². The number of benzene rings is 1. The molecule has 1 rings (SSSR count). The highest BCUT2D eigenvalue weighted by atomic mass is 79.9. The van der Waals surface area contributed by atoms with Crippen LogP contribution >= 0.6 is 15.9 Å². The molecule has 0 fully saturated rings. The summed E-state index contributed by atoms with van der Waals surface area (Å²) >= 11 is 3.34. The summed E-state index contributed by atoms with van der Waals surface area (Å²) in [6.45, 7) is 7.20. The van der Waals surface area contributed by atoms with Crippen molar-refractivity contribution in [1.82, 2.24) is 5.32 Å². The molecule has 0 aromatic heterocycles. The lowest BCUT2D eigenvalue weighted by Crippen LogP contribution is -2.42. The van der Waals surface area contributed by atoms with Gasteiger partial charge in [0.1, 0.15) is 0 Å². The third-order valence-electron chi connectivity index (χ3n) is 2.90. The van der Waals surface area contributed by atoms with Crippen LogP contribution in [0.3, 0.4) is 0 Å². The lowest BCUT2D eigenvalue weighted by atomic mass is 10.0. The number of halogens is 1. The number of carbonyl (C=O) groups excluding carboxylic acids is 1. The van der Waals surface area contributed by atoms with Crippen LogP contribution < -0.4 is 11.1 Å². The highest BCUT2D eigenvalue weighted by molar-refractivity contribution is 9.10. The summed E-state index contributed by atoms with van der Waals surface area (Å²) in [4.78, 5) is 12.2. The monoisotopic (exact) mass is 328 g/mol. The third-order valence-corrected chi connectivity index (χ3v) is 3.78. The van der Waals surface area contributed by atoms with Gasteiger partial charge in [0.2, 0.25) is 0 Å².